The SMILES string of the molecule is CC(=O)Oc1cccc(C(=O)Nc2ccccc2CNC(=O)CC2CCCCC2)c1. The Morgan fingerprint density at radius 3 is 2.53 bits per heavy atom. The van der Waals surface area contributed by atoms with E-state index in [4.69, 9.17) is 4.74 Å². The van der Waals surface area contributed by atoms with Crippen LogP contribution in [0.3, 0.4) is 0 Å². The highest BCUT2D eigenvalue weighted by molar-refractivity contribution is 6.05. The van der Waals surface area contributed by atoms with Gasteiger partial charge in [-0.25, -0.2) is 0 Å². The number of ether oxygens (including phenoxy) is 1. The van der Waals surface area contributed by atoms with Gasteiger partial charge in [0.2, 0.25) is 5.91 Å². The summed E-state index contributed by atoms with van der Waals surface area (Å²) in [6.45, 7) is 1.67. The first-order chi connectivity index (χ1) is 14.5. The van der Waals surface area contributed by atoms with Gasteiger partial charge in [0.05, 0.1) is 0 Å². The topological polar surface area (TPSA) is 84.5 Å². The van der Waals surface area contributed by atoms with Gasteiger partial charge in [-0.15, -0.1) is 0 Å². The lowest BCUT2D eigenvalue weighted by molar-refractivity contribution is -0.131. The molecule has 6 heteroatoms. The van der Waals surface area contributed by atoms with Crippen molar-refractivity contribution in [1.29, 1.82) is 0 Å². The first-order valence-electron chi connectivity index (χ1n) is 10.5. The minimum absolute atomic E-state index is 0.0529. The van der Waals surface area contributed by atoms with E-state index in [2.05, 4.69) is 10.6 Å². The van der Waals surface area contributed by atoms with Crippen LogP contribution in [0, 0.1) is 5.92 Å². The lowest BCUT2D eigenvalue weighted by Crippen LogP contribution is -2.26. The van der Waals surface area contributed by atoms with Crippen LogP contribution in [0.2, 0.25) is 0 Å². The molecule has 0 heterocycles. The molecule has 0 bridgehead atoms. The zero-order chi connectivity index (χ0) is 21.3. The van der Waals surface area contributed by atoms with E-state index in [1.807, 2.05) is 18.2 Å². The largest absolute Gasteiger partial charge is 0.427 e. The van der Waals surface area contributed by atoms with Gasteiger partial charge < -0.3 is 15.4 Å². The highest BCUT2D eigenvalue weighted by Crippen LogP contribution is 2.26. The molecule has 1 aliphatic rings. The quantitative estimate of drug-likeness (QED) is 0.524. The van der Waals surface area contributed by atoms with E-state index < -0.39 is 5.97 Å². The van der Waals surface area contributed by atoms with Crippen LogP contribution in [0.15, 0.2) is 48.5 Å². The molecule has 1 saturated carbocycles. The Morgan fingerprint density at radius 1 is 1.00 bits per heavy atom. The van der Waals surface area contributed by atoms with Crippen molar-refractivity contribution >= 4 is 23.5 Å². The van der Waals surface area contributed by atoms with Crippen molar-refractivity contribution in [2.45, 2.75) is 52.0 Å². The highest BCUT2D eigenvalue weighted by atomic mass is 16.5. The van der Waals surface area contributed by atoms with Crippen molar-refractivity contribution in [3.63, 3.8) is 0 Å². The molecule has 0 atom stereocenters. The third-order valence-corrected chi connectivity index (χ3v) is 5.30. The van der Waals surface area contributed by atoms with Gasteiger partial charge in [0, 0.05) is 31.1 Å². The van der Waals surface area contributed by atoms with Crippen LogP contribution >= 0.6 is 0 Å². The summed E-state index contributed by atoms with van der Waals surface area (Å²) in [5, 5.41) is 5.86. The highest BCUT2D eigenvalue weighted by Gasteiger charge is 2.17. The summed E-state index contributed by atoms with van der Waals surface area (Å²) in [7, 11) is 0. The van der Waals surface area contributed by atoms with Gasteiger partial charge in [-0.1, -0.05) is 43.5 Å². The molecular weight excluding hydrogens is 380 g/mol. The van der Waals surface area contributed by atoms with Gasteiger partial charge >= 0.3 is 5.97 Å². The molecule has 0 aliphatic heterocycles. The number of rotatable bonds is 7. The summed E-state index contributed by atoms with van der Waals surface area (Å²) in [6.07, 6.45) is 6.53. The van der Waals surface area contributed by atoms with E-state index in [1.54, 1.807) is 24.3 Å². The van der Waals surface area contributed by atoms with Gasteiger partial charge in [-0.2, -0.15) is 0 Å². The van der Waals surface area contributed by atoms with Crippen LogP contribution in [-0.4, -0.2) is 17.8 Å². The molecule has 1 fully saturated rings. The predicted molar refractivity (Wildman–Crippen MR) is 115 cm³/mol. The molecule has 2 aromatic rings. The minimum Gasteiger partial charge on any atom is -0.427 e. The van der Waals surface area contributed by atoms with Gasteiger partial charge in [0.15, 0.2) is 0 Å². The second kappa shape index (κ2) is 10.6. The van der Waals surface area contributed by atoms with Gasteiger partial charge in [0.25, 0.3) is 5.91 Å². The van der Waals surface area contributed by atoms with E-state index in [9.17, 15) is 14.4 Å². The number of carbonyl (C=O) groups excluding carboxylic acids is 3. The maximum absolute atomic E-state index is 12.7. The molecule has 0 aromatic heterocycles. The van der Waals surface area contributed by atoms with Crippen molar-refractivity contribution in [2.24, 2.45) is 5.92 Å². The zero-order valence-corrected chi connectivity index (χ0v) is 17.3. The maximum atomic E-state index is 12.7. The molecule has 1 aliphatic carbocycles. The number of esters is 1. The molecule has 0 saturated heterocycles. The van der Waals surface area contributed by atoms with Crippen LogP contribution < -0.4 is 15.4 Å². The number of amides is 2. The van der Waals surface area contributed by atoms with Crippen LogP contribution in [0.25, 0.3) is 0 Å². The average molecular weight is 408 g/mol. The Hall–Kier alpha value is -3.15. The molecule has 0 spiro atoms. The summed E-state index contributed by atoms with van der Waals surface area (Å²) >= 11 is 0. The smallest absolute Gasteiger partial charge is 0.308 e. The number of carbonyl (C=O) groups is 3. The standard InChI is InChI=1S/C24H28N2O4/c1-17(27)30-21-12-7-11-19(15-21)24(29)26-22-13-6-5-10-20(22)16-25-23(28)14-18-8-3-2-4-9-18/h5-7,10-13,15,18H,2-4,8-9,14,16H2,1H3,(H,25,28)(H,26,29). The molecule has 30 heavy (non-hydrogen) atoms. The average Bonchev–Trinajstić information content (AvgIpc) is 2.73. The second-order valence-corrected chi connectivity index (χ2v) is 7.72. The van der Waals surface area contributed by atoms with E-state index in [0.717, 1.165) is 18.4 Å². The number of para-hydroxylation sites is 1. The fraction of sp³-hybridized carbons (Fsp3) is 0.375. The molecule has 2 aromatic carbocycles. The number of hydrogen-bond acceptors (Lipinski definition) is 4. The van der Waals surface area contributed by atoms with Gasteiger partial charge in [-0.3, -0.25) is 14.4 Å². The molecule has 0 radical (unpaired) electrons. The van der Waals surface area contributed by atoms with Crippen LogP contribution in [0.1, 0.15) is 61.4 Å². The monoisotopic (exact) mass is 408 g/mol. The van der Waals surface area contributed by atoms with Crippen LogP contribution in [-0.2, 0) is 16.1 Å². The van der Waals surface area contributed by atoms with Crippen molar-refractivity contribution in [3.05, 3.63) is 59.7 Å². The number of hydrogen-bond donors (Lipinski definition) is 2. The molecule has 0 unspecified atom stereocenters. The Labute approximate surface area is 177 Å². The third-order valence-electron chi connectivity index (χ3n) is 5.30. The summed E-state index contributed by atoms with van der Waals surface area (Å²) in [5.41, 5.74) is 1.85. The Morgan fingerprint density at radius 2 is 1.77 bits per heavy atom. The number of nitrogens with one attached hydrogen (secondary N) is 2. The van der Waals surface area contributed by atoms with Crippen LogP contribution in [0.5, 0.6) is 5.75 Å². The fourth-order valence-corrected chi connectivity index (χ4v) is 3.78. The first kappa shape index (κ1) is 21.6. The molecular formula is C24H28N2O4. The number of benzene rings is 2. The molecule has 2 N–H and O–H groups in total. The van der Waals surface area contributed by atoms with Crippen molar-refractivity contribution in [3.8, 4) is 5.75 Å². The van der Waals surface area contributed by atoms with E-state index in [-0.39, 0.29) is 11.8 Å². The number of anilines is 1. The normalized spacial score (nSPS) is 14.0. The van der Waals surface area contributed by atoms with Crippen molar-refractivity contribution in [2.75, 3.05) is 5.32 Å². The Kier molecular flexibility index (Phi) is 7.60. The lowest BCUT2D eigenvalue weighted by Gasteiger charge is -2.21. The van der Waals surface area contributed by atoms with E-state index >= 15 is 0 Å². The first-order valence-corrected chi connectivity index (χ1v) is 10.5. The molecule has 2 amide bonds. The molecule has 3 rings (SSSR count). The summed E-state index contributed by atoms with van der Waals surface area (Å²) in [5.74, 6) is 0.0978. The lowest BCUT2D eigenvalue weighted by atomic mass is 9.87. The van der Waals surface area contributed by atoms with E-state index in [1.165, 1.54) is 32.3 Å². The third kappa shape index (κ3) is 6.44. The zero-order valence-electron chi connectivity index (χ0n) is 17.3. The Bertz CT molecular complexity index is 904. The second-order valence-electron chi connectivity index (χ2n) is 7.72. The summed E-state index contributed by atoms with van der Waals surface area (Å²) in [4.78, 5) is 36.1. The summed E-state index contributed by atoms with van der Waals surface area (Å²) < 4.78 is 5.04. The molecule has 6 nitrogen and oxygen atoms in total. The van der Waals surface area contributed by atoms with Gasteiger partial charge in [0.1, 0.15) is 5.75 Å². The van der Waals surface area contributed by atoms with Gasteiger partial charge in [-0.05, 0) is 48.6 Å². The van der Waals surface area contributed by atoms with E-state index in [0.29, 0.717) is 35.9 Å². The fourth-order valence-electron chi connectivity index (χ4n) is 3.78. The van der Waals surface area contributed by atoms with Crippen molar-refractivity contribution < 1.29 is 19.1 Å². The van der Waals surface area contributed by atoms with Crippen molar-refractivity contribution in [1.82, 2.24) is 5.32 Å². The molecule has 158 valence electrons. The summed E-state index contributed by atoms with van der Waals surface area (Å²) in [6, 6.07) is 13.8. The van der Waals surface area contributed by atoms with Crippen LogP contribution in [0.4, 0.5) is 5.69 Å². The Balaban J connectivity index is 1.60. The minimum atomic E-state index is -0.443. The predicted octanol–water partition coefficient (Wildman–Crippen LogP) is 4.45. The maximum Gasteiger partial charge on any atom is 0.308 e.